The monoisotopic (exact) mass is 292 g/mol. The number of piperazine rings is 1. The molecule has 1 aromatic heterocycles. The number of nitrogens with zero attached hydrogens (tertiary/aromatic N) is 4. The lowest BCUT2D eigenvalue weighted by Gasteiger charge is -2.43. The number of hydrogen-bond donors (Lipinski definition) is 2. The molecule has 0 radical (unpaired) electrons. The van der Waals surface area contributed by atoms with Crippen molar-refractivity contribution in [2.24, 2.45) is 5.84 Å². The van der Waals surface area contributed by atoms with Crippen LogP contribution in [0.3, 0.4) is 0 Å². The van der Waals surface area contributed by atoms with Gasteiger partial charge in [0.15, 0.2) is 0 Å². The highest BCUT2D eigenvalue weighted by Crippen LogP contribution is 2.30. The number of nitrogens with one attached hydrogen (secondary N) is 1. The van der Waals surface area contributed by atoms with Crippen molar-refractivity contribution in [1.82, 2.24) is 9.88 Å². The van der Waals surface area contributed by atoms with Crippen molar-refractivity contribution in [1.29, 1.82) is 0 Å². The van der Waals surface area contributed by atoms with E-state index in [1.165, 1.54) is 25.0 Å². The van der Waals surface area contributed by atoms with Gasteiger partial charge in [0.25, 0.3) is 5.69 Å². The van der Waals surface area contributed by atoms with Gasteiger partial charge in [-0.25, -0.2) is 10.8 Å². The van der Waals surface area contributed by atoms with Crippen molar-refractivity contribution < 1.29 is 4.92 Å². The first-order chi connectivity index (χ1) is 10.1. The average Bonchev–Trinajstić information content (AvgIpc) is 2.92. The molecule has 114 valence electrons. The quantitative estimate of drug-likeness (QED) is 0.486. The summed E-state index contributed by atoms with van der Waals surface area (Å²) in [7, 11) is 0. The van der Waals surface area contributed by atoms with Gasteiger partial charge >= 0.3 is 0 Å². The van der Waals surface area contributed by atoms with Crippen molar-refractivity contribution in [3.63, 3.8) is 0 Å². The van der Waals surface area contributed by atoms with E-state index in [-0.39, 0.29) is 11.7 Å². The minimum atomic E-state index is -0.414. The third-order valence-electron chi connectivity index (χ3n) is 4.39. The van der Waals surface area contributed by atoms with Gasteiger partial charge in [-0.15, -0.1) is 0 Å². The molecule has 0 spiro atoms. The summed E-state index contributed by atoms with van der Waals surface area (Å²) in [5, 5.41) is 11.1. The van der Waals surface area contributed by atoms with Crippen molar-refractivity contribution in [3.05, 3.63) is 22.2 Å². The summed E-state index contributed by atoms with van der Waals surface area (Å²) in [6.45, 7) is 5.12. The summed E-state index contributed by atoms with van der Waals surface area (Å²) in [6, 6.07) is 3.68. The van der Waals surface area contributed by atoms with Gasteiger partial charge in [0.1, 0.15) is 11.6 Å². The van der Waals surface area contributed by atoms with Gasteiger partial charge in [0.05, 0.1) is 17.1 Å². The SMILES string of the molecule is CC1CN2CCCC2CN1c1cc([N+](=O)[O-])cc(NN)n1. The van der Waals surface area contributed by atoms with Gasteiger partial charge in [0.2, 0.25) is 0 Å². The summed E-state index contributed by atoms with van der Waals surface area (Å²) in [5.74, 6) is 6.32. The second kappa shape index (κ2) is 5.45. The van der Waals surface area contributed by atoms with Gasteiger partial charge in [-0.2, -0.15) is 0 Å². The van der Waals surface area contributed by atoms with Crippen LogP contribution in [0.15, 0.2) is 12.1 Å². The summed E-state index contributed by atoms with van der Waals surface area (Å²) in [4.78, 5) is 19.7. The Morgan fingerprint density at radius 2 is 2.29 bits per heavy atom. The van der Waals surface area contributed by atoms with Crippen molar-refractivity contribution >= 4 is 17.3 Å². The molecule has 0 aromatic carbocycles. The highest BCUT2D eigenvalue weighted by atomic mass is 16.6. The molecule has 3 rings (SSSR count). The molecule has 2 fully saturated rings. The van der Waals surface area contributed by atoms with Crippen molar-refractivity contribution in [2.45, 2.75) is 31.8 Å². The lowest BCUT2D eigenvalue weighted by molar-refractivity contribution is -0.384. The zero-order valence-corrected chi connectivity index (χ0v) is 12.0. The smallest absolute Gasteiger partial charge is 0.276 e. The molecule has 2 unspecified atom stereocenters. The zero-order chi connectivity index (χ0) is 15.0. The van der Waals surface area contributed by atoms with E-state index in [0.717, 1.165) is 19.6 Å². The van der Waals surface area contributed by atoms with Crippen LogP contribution in [-0.4, -0.2) is 46.5 Å². The summed E-state index contributed by atoms with van der Waals surface area (Å²) >= 11 is 0. The number of fused-ring (bicyclic) bond motifs is 1. The van der Waals surface area contributed by atoms with E-state index < -0.39 is 4.92 Å². The molecule has 3 N–H and O–H groups in total. The maximum absolute atomic E-state index is 11.1. The van der Waals surface area contributed by atoms with E-state index in [9.17, 15) is 10.1 Å². The van der Waals surface area contributed by atoms with Crippen LogP contribution in [0.5, 0.6) is 0 Å². The number of aromatic nitrogens is 1. The fraction of sp³-hybridized carbons (Fsp3) is 0.615. The Balaban J connectivity index is 1.91. The van der Waals surface area contributed by atoms with E-state index >= 15 is 0 Å². The molecule has 2 saturated heterocycles. The maximum atomic E-state index is 11.1. The second-order valence-electron chi connectivity index (χ2n) is 5.76. The number of pyridine rings is 1. The Bertz CT molecular complexity index is 551. The molecule has 0 amide bonds. The van der Waals surface area contributed by atoms with Crippen LogP contribution in [0.4, 0.5) is 17.3 Å². The first-order valence-electron chi connectivity index (χ1n) is 7.22. The first kappa shape index (κ1) is 14.0. The minimum absolute atomic E-state index is 0.00833. The lowest BCUT2D eigenvalue weighted by Crippen LogP contribution is -2.55. The second-order valence-corrected chi connectivity index (χ2v) is 5.76. The minimum Gasteiger partial charge on any atom is -0.351 e. The van der Waals surface area contributed by atoms with Crippen LogP contribution in [0, 0.1) is 10.1 Å². The van der Waals surface area contributed by atoms with Crippen molar-refractivity contribution in [3.8, 4) is 0 Å². The largest absolute Gasteiger partial charge is 0.351 e. The van der Waals surface area contributed by atoms with Crippen LogP contribution in [0.2, 0.25) is 0 Å². The molecular weight excluding hydrogens is 272 g/mol. The Kier molecular flexibility index (Phi) is 3.64. The fourth-order valence-corrected chi connectivity index (χ4v) is 3.33. The fourth-order valence-electron chi connectivity index (χ4n) is 3.33. The average molecular weight is 292 g/mol. The van der Waals surface area contributed by atoms with Gasteiger partial charge < -0.3 is 10.3 Å². The summed E-state index contributed by atoms with van der Waals surface area (Å²) in [5.41, 5.74) is 2.42. The number of nitro groups is 1. The van der Waals surface area contributed by atoms with Crippen LogP contribution in [0.1, 0.15) is 19.8 Å². The molecule has 0 aliphatic carbocycles. The molecule has 8 heteroatoms. The van der Waals surface area contributed by atoms with Crippen LogP contribution in [0.25, 0.3) is 0 Å². The predicted octanol–water partition coefficient (Wildman–Crippen LogP) is 0.948. The Hall–Kier alpha value is -1.93. The molecule has 2 aliphatic heterocycles. The number of anilines is 2. The number of hydrogen-bond acceptors (Lipinski definition) is 7. The highest BCUT2D eigenvalue weighted by molar-refractivity contribution is 5.56. The van der Waals surface area contributed by atoms with Gasteiger partial charge in [-0.3, -0.25) is 15.0 Å². The molecule has 8 nitrogen and oxygen atoms in total. The third kappa shape index (κ3) is 2.64. The molecule has 21 heavy (non-hydrogen) atoms. The van der Waals surface area contributed by atoms with E-state index in [1.54, 1.807) is 0 Å². The highest BCUT2D eigenvalue weighted by Gasteiger charge is 2.35. The van der Waals surface area contributed by atoms with Crippen LogP contribution >= 0.6 is 0 Å². The molecule has 2 atom stereocenters. The summed E-state index contributed by atoms with van der Waals surface area (Å²) < 4.78 is 0. The molecule has 0 bridgehead atoms. The van der Waals surface area contributed by atoms with E-state index in [1.807, 2.05) is 0 Å². The third-order valence-corrected chi connectivity index (χ3v) is 4.39. The summed E-state index contributed by atoms with van der Waals surface area (Å²) in [6.07, 6.45) is 2.41. The van der Waals surface area contributed by atoms with E-state index in [4.69, 9.17) is 5.84 Å². The number of nitrogen functional groups attached to an aromatic ring is 1. The van der Waals surface area contributed by atoms with Gasteiger partial charge in [-0.05, 0) is 26.3 Å². The topological polar surface area (TPSA) is 101 Å². The predicted molar refractivity (Wildman–Crippen MR) is 80.1 cm³/mol. The van der Waals surface area contributed by atoms with E-state index in [2.05, 4.69) is 27.1 Å². The normalized spacial score (nSPS) is 25.7. The number of rotatable bonds is 3. The molecule has 1 aromatic rings. The maximum Gasteiger partial charge on any atom is 0.276 e. The Morgan fingerprint density at radius 3 is 3.00 bits per heavy atom. The van der Waals surface area contributed by atoms with E-state index in [0.29, 0.717) is 17.7 Å². The van der Waals surface area contributed by atoms with Gasteiger partial charge in [0, 0.05) is 25.2 Å². The molecule has 3 heterocycles. The van der Waals surface area contributed by atoms with Crippen LogP contribution in [-0.2, 0) is 0 Å². The molecule has 2 aliphatic rings. The molecule has 0 saturated carbocycles. The van der Waals surface area contributed by atoms with Crippen LogP contribution < -0.4 is 16.2 Å². The standard InChI is InChI=1S/C13H20N6O2/c1-9-7-17-4-2-3-10(17)8-18(9)13-6-11(19(20)21)5-12(15-13)16-14/h5-6,9-10H,2-4,7-8,14H2,1H3,(H,15,16). The number of nitrogens with two attached hydrogens (primary N) is 1. The van der Waals surface area contributed by atoms with Crippen molar-refractivity contribution in [2.75, 3.05) is 30.0 Å². The molecular formula is C13H20N6O2. The zero-order valence-electron chi connectivity index (χ0n) is 12.0. The van der Waals surface area contributed by atoms with Gasteiger partial charge in [-0.1, -0.05) is 0 Å². The Morgan fingerprint density at radius 1 is 1.48 bits per heavy atom. The Labute approximate surface area is 123 Å². The lowest BCUT2D eigenvalue weighted by atomic mass is 10.1. The number of hydrazine groups is 1. The first-order valence-corrected chi connectivity index (χ1v) is 7.22.